The van der Waals surface area contributed by atoms with Gasteiger partial charge in [0.05, 0.1) is 22.4 Å². The average molecular weight is 766 g/mol. The molecule has 0 unspecified atom stereocenters. The van der Waals surface area contributed by atoms with Gasteiger partial charge in [0.2, 0.25) is 0 Å². The number of aromatic nitrogens is 3. The third-order valence-corrected chi connectivity index (χ3v) is 11.6. The lowest BCUT2D eigenvalue weighted by molar-refractivity contribution is 0.892. The molecule has 0 bridgehead atoms. The van der Waals surface area contributed by atoms with Gasteiger partial charge in [0.25, 0.3) is 0 Å². The van der Waals surface area contributed by atoms with E-state index in [0.29, 0.717) is 0 Å². The summed E-state index contributed by atoms with van der Waals surface area (Å²) in [6.07, 6.45) is 0. The number of hydrogen-bond donors (Lipinski definition) is 0. The highest BCUT2D eigenvalue weighted by molar-refractivity contribution is 6.09. The molecule has 2 heterocycles. The van der Waals surface area contributed by atoms with E-state index in [-0.39, 0.29) is 0 Å². The highest BCUT2D eigenvalue weighted by atomic mass is 15.3. The molecule has 0 N–H and O–H groups in total. The van der Waals surface area contributed by atoms with E-state index in [2.05, 4.69) is 246 Å². The van der Waals surface area contributed by atoms with Crippen molar-refractivity contribution in [1.29, 1.82) is 0 Å². The van der Waals surface area contributed by atoms with E-state index in [9.17, 15) is 0 Å². The predicted molar refractivity (Wildman–Crippen MR) is 251 cm³/mol. The van der Waals surface area contributed by atoms with Crippen LogP contribution in [-0.2, 0) is 0 Å². The molecule has 0 aliphatic carbocycles. The second-order valence-corrected chi connectivity index (χ2v) is 15.1. The summed E-state index contributed by atoms with van der Waals surface area (Å²) in [4.78, 5) is 0. The summed E-state index contributed by atoms with van der Waals surface area (Å²) in [5.41, 5.74) is 18.1. The summed E-state index contributed by atoms with van der Waals surface area (Å²) in [6.45, 7) is 0. The smallest absolute Gasteiger partial charge is 0.101 e. The van der Waals surface area contributed by atoms with Crippen LogP contribution < -0.4 is 0 Å². The van der Waals surface area contributed by atoms with Crippen molar-refractivity contribution in [3.05, 3.63) is 237 Å². The van der Waals surface area contributed by atoms with Gasteiger partial charge in [-0.25, -0.2) is 4.68 Å². The number of para-hydroxylation sites is 2. The van der Waals surface area contributed by atoms with Crippen molar-refractivity contribution in [3.63, 3.8) is 0 Å². The first-order valence-electron chi connectivity index (χ1n) is 20.5. The standard InChI is InChI=1S/C57H39N3/c1-4-18-42(19-5-1)55-56(43-20-6-2-7-21-43)58-60(57(55)44-22-8-3-9-23-44)46-38-34-41(35-39-46)48-25-11-13-27-50(48)49-26-12-10-24-47(49)40-32-36-45(37-33-40)59-53-30-16-14-28-51(53)52-29-15-17-31-54(52)59/h1-39H. The lowest BCUT2D eigenvalue weighted by Crippen LogP contribution is -2.00. The molecule has 0 radical (unpaired) electrons. The highest BCUT2D eigenvalue weighted by Gasteiger charge is 2.23. The molecular weight excluding hydrogens is 727 g/mol. The molecule has 0 spiro atoms. The zero-order valence-electron chi connectivity index (χ0n) is 32.9. The van der Waals surface area contributed by atoms with Crippen molar-refractivity contribution in [3.8, 4) is 78.4 Å². The Balaban J connectivity index is 0.989. The van der Waals surface area contributed by atoms with Crippen molar-refractivity contribution in [2.45, 2.75) is 0 Å². The van der Waals surface area contributed by atoms with Crippen molar-refractivity contribution in [2.24, 2.45) is 0 Å². The minimum absolute atomic E-state index is 0.953. The molecule has 0 atom stereocenters. The quantitative estimate of drug-likeness (QED) is 0.151. The molecule has 3 heteroatoms. The molecule has 0 fully saturated rings. The van der Waals surface area contributed by atoms with Crippen molar-refractivity contribution >= 4 is 21.8 Å². The molecule has 0 saturated carbocycles. The van der Waals surface area contributed by atoms with Crippen molar-refractivity contribution < 1.29 is 0 Å². The van der Waals surface area contributed by atoms with Crippen LogP contribution in [0.5, 0.6) is 0 Å². The Morgan fingerprint density at radius 1 is 0.283 bits per heavy atom. The van der Waals surface area contributed by atoms with Gasteiger partial charge in [-0.05, 0) is 75.3 Å². The largest absolute Gasteiger partial charge is 0.309 e. The molecule has 0 aliphatic rings. The van der Waals surface area contributed by atoms with Crippen LogP contribution in [0.25, 0.3) is 100 Å². The monoisotopic (exact) mass is 765 g/mol. The highest BCUT2D eigenvalue weighted by Crippen LogP contribution is 2.43. The summed E-state index contributed by atoms with van der Waals surface area (Å²) in [5, 5.41) is 7.92. The maximum absolute atomic E-state index is 5.38. The molecule has 2 aromatic heterocycles. The fourth-order valence-electron chi connectivity index (χ4n) is 8.86. The second kappa shape index (κ2) is 15.1. The van der Waals surface area contributed by atoms with E-state index >= 15 is 0 Å². The number of fused-ring (bicyclic) bond motifs is 3. The fraction of sp³-hybridized carbons (Fsp3) is 0. The van der Waals surface area contributed by atoms with Gasteiger partial charge in [-0.3, -0.25) is 0 Å². The number of nitrogens with zero attached hydrogens (tertiary/aromatic N) is 3. The molecule has 0 saturated heterocycles. The maximum Gasteiger partial charge on any atom is 0.101 e. The molecule has 0 amide bonds. The summed E-state index contributed by atoms with van der Waals surface area (Å²) in [5.74, 6) is 0. The number of hydrogen-bond acceptors (Lipinski definition) is 1. The molecule has 60 heavy (non-hydrogen) atoms. The lowest BCUT2D eigenvalue weighted by atomic mass is 9.89. The van der Waals surface area contributed by atoms with Crippen LogP contribution in [0.3, 0.4) is 0 Å². The summed E-state index contributed by atoms with van der Waals surface area (Å²) in [7, 11) is 0. The summed E-state index contributed by atoms with van der Waals surface area (Å²) in [6, 6.07) is 84.5. The topological polar surface area (TPSA) is 22.8 Å². The fourth-order valence-corrected chi connectivity index (χ4v) is 8.86. The lowest BCUT2D eigenvalue weighted by Gasteiger charge is -2.16. The molecule has 11 rings (SSSR count). The normalized spacial score (nSPS) is 11.3. The first-order chi connectivity index (χ1) is 29.8. The van der Waals surface area contributed by atoms with E-state index in [4.69, 9.17) is 5.10 Å². The maximum atomic E-state index is 5.38. The van der Waals surface area contributed by atoms with Gasteiger partial charge in [0, 0.05) is 33.2 Å². The minimum atomic E-state index is 0.953. The zero-order valence-corrected chi connectivity index (χ0v) is 32.9. The van der Waals surface area contributed by atoms with Gasteiger partial charge in [-0.2, -0.15) is 5.10 Å². The van der Waals surface area contributed by atoms with Gasteiger partial charge in [0.1, 0.15) is 5.69 Å². The van der Waals surface area contributed by atoms with E-state index in [1.807, 2.05) is 0 Å². The van der Waals surface area contributed by atoms with E-state index in [0.717, 1.165) is 50.6 Å². The molecule has 9 aromatic carbocycles. The second-order valence-electron chi connectivity index (χ2n) is 15.1. The first-order valence-corrected chi connectivity index (χ1v) is 20.5. The van der Waals surface area contributed by atoms with E-state index in [1.54, 1.807) is 0 Å². The third kappa shape index (κ3) is 6.12. The molecule has 282 valence electrons. The molecule has 0 aliphatic heterocycles. The summed E-state index contributed by atoms with van der Waals surface area (Å²) >= 11 is 0. The Hall–Kier alpha value is -8.01. The number of benzene rings is 9. The molecular formula is C57H39N3. The Morgan fingerprint density at radius 3 is 1.20 bits per heavy atom. The number of rotatable bonds is 8. The van der Waals surface area contributed by atoms with Crippen LogP contribution >= 0.6 is 0 Å². The van der Waals surface area contributed by atoms with Gasteiger partial charge < -0.3 is 4.57 Å². The Kier molecular flexibility index (Phi) is 8.83. The summed E-state index contributed by atoms with van der Waals surface area (Å²) < 4.78 is 4.49. The van der Waals surface area contributed by atoms with Crippen LogP contribution in [0.15, 0.2) is 237 Å². The molecule has 3 nitrogen and oxygen atoms in total. The average Bonchev–Trinajstić information content (AvgIpc) is 3.90. The van der Waals surface area contributed by atoms with Crippen LogP contribution in [0, 0.1) is 0 Å². The molecule has 11 aromatic rings. The van der Waals surface area contributed by atoms with Crippen molar-refractivity contribution in [1.82, 2.24) is 14.3 Å². The van der Waals surface area contributed by atoms with Crippen LogP contribution in [0.1, 0.15) is 0 Å². The Bertz CT molecular complexity index is 3210. The minimum Gasteiger partial charge on any atom is -0.309 e. The van der Waals surface area contributed by atoms with E-state index < -0.39 is 0 Å². The first kappa shape index (κ1) is 35.2. The van der Waals surface area contributed by atoms with Crippen LogP contribution in [-0.4, -0.2) is 14.3 Å². The van der Waals surface area contributed by atoms with Gasteiger partial charge >= 0.3 is 0 Å². The Labute approximate surface area is 349 Å². The Morgan fingerprint density at radius 2 is 0.683 bits per heavy atom. The third-order valence-electron chi connectivity index (χ3n) is 11.6. The zero-order chi connectivity index (χ0) is 39.8. The SMILES string of the molecule is c1ccc(-c2nn(-c3ccc(-c4ccccc4-c4ccccc4-c4ccc(-n5c6ccccc6c6ccccc65)cc4)cc3)c(-c3ccccc3)c2-c2ccccc2)cc1. The van der Waals surface area contributed by atoms with Gasteiger partial charge in [-0.15, -0.1) is 0 Å². The predicted octanol–water partition coefficient (Wildman–Crippen LogP) is 15.0. The van der Waals surface area contributed by atoms with Crippen molar-refractivity contribution in [2.75, 3.05) is 0 Å². The van der Waals surface area contributed by atoms with Gasteiger partial charge in [-0.1, -0.05) is 200 Å². The van der Waals surface area contributed by atoms with E-state index in [1.165, 1.54) is 49.6 Å². The van der Waals surface area contributed by atoms with Crippen LogP contribution in [0.2, 0.25) is 0 Å². The van der Waals surface area contributed by atoms with Crippen LogP contribution in [0.4, 0.5) is 0 Å². The van der Waals surface area contributed by atoms with Gasteiger partial charge in [0.15, 0.2) is 0 Å².